The van der Waals surface area contributed by atoms with Crippen LogP contribution in [0.2, 0.25) is 0 Å². The van der Waals surface area contributed by atoms with Crippen LogP contribution in [-0.2, 0) is 0 Å². The first-order chi connectivity index (χ1) is 8.12. The minimum absolute atomic E-state index is 0.139. The lowest BCUT2D eigenvalue weighted by Crippen LogP contribution is -2.42. The molecular formula is C12H16N2O3. The third-order valence-corrected chi connectivity index (χ3v) is 3.09. The van der Waals surface area contributed by atoms with Crippen molar-refractivity contribution in [3.63, 3.8) is 0 Å². The number of benzene rings is 1. The Morgan fingerprint density at radius 3 is 2.82 bits per heavy atom. The molecule has 92 valence electrons. The van der Waals surface area contributed by atoms with Crippen LogP contribution in [-0.4, -0.2) is 30.2 Å². The number of hydrogen-bond donors (Lipinski definition) is 3. The number of carbonyl (C=O) groups is 1. The van der Waals surface area contributed by atoms with Crippen LogP contribution in [0.5, 0.6) is 11.5 Å². The molecule has 1 fully saturated rings. The number of nitrogens with one attached hydrogen (secondary N) is 1. The number of ether oxygens (including phenoxy) is 1. The molecule has 17 heavy (non-hydrogen) atoms. The van der Waals surface area contributed by atoms with Crippen molar-refractivity contribution in [3.8, 4) is 11.5 Å². The molecule has 4 N–H and O–H groups in total. The summed E-state index contributed by atoms with van der Waals surface area (Å²) in [4.78, 5) is 12.0. The number of nitrogens with two attached hydrogens (primary N) is 1. The minimum atomic E-state index is -0.315. The molecule has 0 spiro atoms. The molecule has 0 unspecified atom stereocenters. The first-order valence-corrected chi connectivity index (χ1v) is 5.50. The van der Waals surface area contributed by atoms with Gasteiger partial charge in [0, 0.05) is 6.54 Å². The lowest BCUT2D eigenvalue weighted by molar-refractivity contribution is 0.0929. The summed E-state index contributed by atoms with van der Waals surface area (Å²) in [5.74, 6) is -0.167. The normalized spacial score (nSPS) is 16.4. The molecule has 0 bridgehead atoms. The van der Waals surface area contributed by atoms with E-state index in [1.165, 1.54) is 7.11 Å². The summed E-state index contributed by atoms with van der Waals surface area (Å²) in [5.41, 5.74) is 5.53. The quantitative estimate of drug-likeness (QED) is 0.715. The first kappa shape index (κ1) is 11.7. The number of carbonyl (C=O) groups excluding carboxylic acids is 1. The van der Waals surface area contributed by atoms with E-state index in [1.54, 1.807) is 18.2 Å². The Morgan fingerprint density at radius 2 is 2.29 bits per heavy atom. The van der Waals surface area contributed by atoms with E-state index in [2.05, 4.69) is 5.32 Å². The van der Waals surface area contributed by atoms with Gasteiger partial charge in [-0.2, -0.15) is 0 Å². The molecule has 0 aromatic heterocycles. The van der Waals surface area contributed by atoms with Crippen LogP contribution in [0.25, 0.3) is 0 Å². The van der Waals surface area contributed by atoms with Crippen LogP contribution in [0.3, 0.4) is 0 Å². The molecule has 2 rings (SSSR count). The number of phenols is 1. The summed E-state index contributed by atoms with van der Waals surface area (Å²) < 4.78 is 4.95. The number of aromatic hydroxyl groups is 1. The van der Waals surface area contributed by atoms with E-state index >= 15 is 0 Å². The molecule has 0 heterocycles. The van der Waals surface area contributed by atoms with E-state index < -0.39 is 0 Å². The van der Waals surface area contributed by atoms with E-state index in [9.17, 15) is 9.90 Å². The number of para-hydroxylation sites is 1. The van der Waals surface area contributed by atoms with E-state index in [0.29, 0.717) is 6.54 Å². The topological polar surface area (TPSA) is 84.6 Å². The second kappa shape index (κ2) is 4.25. The maximum absolute atomic E-state index is 12.0. The monoisotopic (exact) mass is 236 g/mol. The zero-order valence-corrected chi connectivity index (χ0v) is 9.69. The highest BCUT2D eigenvalue weighted by Gasteiger charge is 2.43. The van der Waals surface area contributed by atoms with Gasteiger partial charge in [-0.3, -0.25) is 4.79 Å². The summed E-state index contributed by atoms with van der Waals surface area (Å²) in [6.07, 6.45) is 1.78. The minimum Gasteiger partial charge on any atom is -0.504 e. The standard InChI is InChI=1S/C12H16N2O3/c1-17-9-4-2-3-8(10(9)15)11(16)14-12(7-13)5-6-12/h2-4,15H,5-7,13H2,1H3,(H,14,16). The van der Waals surface area contributed by atoms with Crippen molar-refractivity contribution >= 4 is 5.91 Å². The SMILES string of the molecule is COc1cccc(C(=O)NC2(CN)CC2)c1O. The third kappa shape index (κ3) is 2.19. The second-order valence-electron chi connectivity index (χ2n) is 4.30. The Balaban J connectivity index is 2.19. The van der Waals surface area contributed by atoms with Gasteiger partial charge in [-0.1, -0.05) is 6.07 Å². The predicted molar refractivity (Wildman–Crippen MR) is 63.1 cm³/mol. The van der Waals surface area contributed by atoms with Crippen molar-refractivity contribution in [1.29, 1.82) is 0 Å². The smallest absolute Gasteiger partial charge is 0.255 e. The lowest BCUT2D eigenvalue weighted by Gasteiger charge is -2.16. The Bertz CT molecular complexity index is 441. The molecule has 0 saturated heterocycles. The van der Waals surface area contributed by atoms with Crippen molar-refractivity contribution in [2.24, 2.45) is 5.73 Å². The van der Waals surface area contributed by atoms with E-state index in [4.69, 9.17) is 10.5 Å². The molecule has 1 aliphatic carbocycles. The van der Waals surface area contributed by atoms with E-state index in [0.717, 1.165) is 12.8 Å². The van der Waals surface area contributed by atoms with Crippen molar-refractivity contribution < 1.29 is 14.6 Å². The van der Waals surface area contributed by atoms with E-state index in [-0.39, 0.29) is 28.5 Å². The number of amides is 1. The average Bonchev–Trinajstić information content (AvgIpc) is 3.09. The highest BCUT2D eigenvalue weighted by Crippen LogP contribution is 2.35. The van der Waals surface area contributed by atoms with Gasteiger partial charge in [0.2, 0.25) is 0 Å². The molecule has 5 nitrogen and oxygen atoms in total. The van der Waals surface area contributed by atoms with Gasteiger partial charge < -0.3 is 20.9 Å². The summed E-state index contributed by atoms with van der Waals surface area (Å²) in [6.45, 7) is 0.420. The van der Waals surface area contributed by atoms with Gasteiger partial charge >= 0.3 is 0 Å². The van der Waals surface area contributed by atoms with E-state index in [1.807, 2.05) is 0 Å². The highest BCUT2D eigenvalue weighted by molar-refractivity contribution is 5.98. The fourth-order valence-corrected chi connectivity index (χ4v) is 1.71. The van der Waals surface area contributed by atoms with Gasteiger partial charge in [-0.05, 0) is 25.0 Å². The van der Waals surface area contributed by atoms with Gasteiger partial charge in [0.1, 0.15) is 0 Å². The number of rotatable bonds is 4. The maximum atomic E-state index is 12.0. The van der Waals surface area contributed by atoms with Crippen LogP contribution in [0.4, 0.5) is 0 Å². The molecule has 1 aliphatic rings. The highest BCUT2D eigenvalue weighted by atomic mass is 16.5. The largest absolute Gasteiger partial charge is 0.504 e. The van der Waals surface area contributed by atoms with Gasteiger partial charge in [-0.15, -0.1) is 0 Å². The molecular weight excluding hydrogens is 220 g/mol. The number of phenolic OH excluding ortho intramolecular Hbond substituents is 1. The fourth-order valence-electron chi connectivity index (χ4n) is 1.71. The second-order valence-corrected chi connectivity index (χ2v) is 4.30. The van der Waals surface area contributed by atoms with Crippen LogP contribution in [0.15, 0.2) is 18.2 Å². The van der Waals surface area contributed by atoms with Crippen LogP contribution >= 0.6 is 0 Å². The molecule has 5 heteroatoms. The summed E-state index contributed by atoms with van der Waals surface area (Å²) in [6, 6.07) is 4.82. The summed E-state index contributed by atoms with van der Waals surface area (Å²) >= 11 is 0. The Labute approximate surface area is 99.6 Å². The van der Waals surface area contributed by atoms with Crippen molar-refractivity contribution in [2.75, 3.05) is 13.7 Å². The van der Waals surface area contributed by atoms with Gasteiger partial charge in [-0.25, -0.2) is 0 Å². The molecule has 1 saturated carbocycles. The average molecular weight is 236 g/mol. The van der Waals surface area contributed by atoms with Gasteiger partial charge in [0.15, 0.2) is 11.5 Å². The van der Waals surface area contributed by atoms with Crippen LogP contribution in [0, 0.1) is 0 Å². The van der Waals surface area contributed by atoms with Gasteiger partial charge in [0.25, 0.3) is 5.91 Å². The Morgan fingerprint density at radius 1 is 1.59 bits per heavy atom. The summed E-state index contributed by atoms with van der Waals surface area (Å²) in [5, 5.41) is 12.7. The van der Waals surface area contributed by atoms with Gasteiger partial charge in [0.05, 0.1) is 18.2 Å². The predicted octanol–water partition coefficient (Wildman–Crippen LogP) is 0.622. The lowest BCUT2D eigenvalue weighted by atomic mass is 10.1. The van der Waals surface area contributed by atoms with Crippen LogP contribution in [0.1, 0.15) is 23.2 Å². The molecule has 0 radical (unpaired) electrons. The van der Waals surface area contributed by atoms with Crippen molar-refractivity contribution in [1.82, 2.24) is 5.32 Å². The number of hydrogen-bond acceptors (Lipinski definition) is 4. The first-order valence-electron chi connectivity index (χ1n) is 5.50. The summed E-state index contributed by atoms with van der Waals surface area (Å²) in [7, 11) is 1.44. The Hall–Kier alpha value is -1.75. The molecule has 1 aromatic rings. The van der Waals surface area contributed by atoms with Crippen molar-refractivity contribution in [2.45, 2.75) is 18.4 Å². The number of methoxy groups -OCH3 is 1. The maximum Gasteiger partial charge on any atom is 0.255 e. The molecule has 1 amide bonds. The zero-order valence-electron chi connectivity index (χ0n) is 9.69. The molecule has 1 aromatic carbocycles. The third-order valence-electron chi connectivity index (χ3n) is 3.09. The molecule has 0 aliphatic heterocycles. The molecule has 0 atom stereocenters. The van der Waals surface area contributed by atoms with Crippen molar-refractivity contribution in [3.05, 3.63) is 23.8 Å². The zero-order chi connectivity index (χ0) is 12.5. The fraction of sp³-hybridized carbons (Fsp3) is 0.417. The van der Waals surface area contributed by atoms with Crippen LogP contribution < -0.4 is 15.8 Å². The Kier molecular flexibility index (Phi) is 2.93.